The number of hydrogen-bond donors (Lipinski definition) is 1. The minimum absolute atomic E-state index is 0.00671. The molecule has 0 saturated carbocycles. The number of rotatable bonds is 7. The quantitative estimate of drug-likeness (QED) is 0.434. The highest BCUT2D eigenvalue weighted by Crippen LogP contribution is 2.35. The van der Waals surface area contributed by atoms with Gasteiger partial charge in [0.25, 0.3) is 0 Å². The SMILES string of the molecule is CCC1CN(C(CC)c2ccc(NC(F)(F)F)cc2)C(CC)CN1c1nc(=O)n(C)c2ccc(C#N)nc12. The van der Waals surface area contributed by atoms with Crippen molar-refractivity contribution in [3.05, 3.63) is 58.1 Å². The van der Waals surface area contributed by atoms with Crippen LogP contribution in [0.1, 0.15) is 57.3 Å². The largest absolute Gasteiger partial charge is 0.482 e. The number of aryl methyl sites for hydroxylation is 1. The van der Waals surface area contributed by atoms with Crippen LogP contribution in [-0.4, -0.2) is 50.9 Å². The molecule has 1 N–H and O–H groups in total. The van der Waals surface area contributed by atoms with Gasteiger partial charge in [0.1, 0.15) is 17.3 Å². The predicted molar refractivity (Wildman–Crippen MR) is 141 cm³/mol. The van der Waals surface area contributed by atoms with E-state index in [2.05, 4.69) is 46.6 Å². The van der Waals surface area contributed by atoms with Crippen molar-refractivity contribution in [3.63, 3.8) is 0 Å². The first-order valence-electron chi connectivity index (χ1n) is 12.8. The van der Waals surface area contributed by atoms with Crippen molar-refractivity contribution in [2.75, 3.05) is 23.3 Å². The molecule has 8 nitrogen and oxygen atoms in total. The van der Waals surface area contributed by atoms with E-state index in [1.54, 1.807) is 36.6 Å². The van der Waals surface area contributed by atoms with Crippen molar-refractivity contribution < 1.29 is 13.2 Å². The summed E-state index contributed by atoms with van der Waals surface area (Å²) in [5.41, 5.74) is 1.97. The Bertz CT molecular complexity index is 1380. The molecule has 3 heterocycles. The Kier molecular flexibility index (Phi) is 7.92. The fourth-order valence-corrected chi connectivity index (χ4v) is 5.41. The van der Waals surface area contributed by atoms with Crippen molar-refractivity contribution in [2.24, 2.45) is 7.05 Å². The molecule has 0 radical (unpaired) electrons. The number of benzene rings is 1. The number of nitrogens with one attached hydrogen (secondary N) is 1. The van der Waals surface area contributed by atoms with Crippen molar-refractivity contribution >= 4 is 22.5 Å². The lowest BCUT2D eigenvalue weighted by Gasteiger charge is -2.49. The van der Waals surface area contributed by atoms with Crippen LogP contribution in [0.5, 0.6) is 0 Å². The van der Waals surface area contributed by atoms with Crippen LogP contribution in [-0.2, 0) is 7.05 Å². The van der Waals surface area contributed by atoms with Gasteiger partial charge in [-0.1, -0.05) is 32.9 Å². The zero-order chi connectivity index (χ0) is 27.6. The lowest BCUT2D eigenvalue weighted by molar-refractivity contribution is -0.0999. The number of fused-ring (bicyclic) bond motifs is 1. The van der Waals surface area contributed by atoms with Crippen LogP contribution < -0.4 is 15.9 Å². The zero-order valence-corrected chi connectivity index (χ0v) is 22.0. The van der Waals surface area contributed by atoms with Gasteiger partial charge in [-0.05, 0) is 49.1 Å². The number of alkyl halides is 3. The molecule has 4 rings (SSSR count). The summed E-state index contributed by atoms with van der Waals surface area (Å²) in [6, 6.07) is 12.0. The fourth-order valence-electron chi connectivity index (χ4n) is 5.41. The number of hydrogen-bond acceptors (Lipinski definition) is 7. The molecular weight excluding hydrogens is 495 g/mol. The summed E-state index contributed by atoms with van der Waals surface area (Å²) in [5, 5.41) is 11.0. The highest BCUT2D eigenvalue weighted by atomic mass is 19.4. The molecule has 3 aromatic rings. The number of halogens is 3. The lowest BCUT2D eigenvalue weighted by Crippen LogP contribution is -2.59. The van der Waals surface area contributed by atoms with E-state index < -0.39 is 6.30 Å². The zero-order valence-electron chi connectivity index (χ0n) is 22.0. The molecule has 3 unspecified atom stereocenters. The highest BCUT2D eigenvalue weighted by Gasteiger charge is 2.37. The standard InChI is InChI=1S/C27H32F3N7O/c1-5-20-16-37(25-24-23(35(4)26(38)33-25)13-12-19(14-31)32-24)21(6-2)15-36(20)22(7-3)17-8-10-18(11-9-17)34-27(28,29)30/h8-13,20-22,34H,5-7,15-16H2,1-4H3. The summed E-state index contributed by atoms with van der Waals surface area (Å²) in [7, 11) is 1.64. The van der Waals surface area contributed by atoms with Gasteiger partial charge in [0, 0.05) is 44.0 Å². The van der Waals surface area contributed by atoms with Crippen molar-refractivity contribution in [1.82, 2.24) is 19.4 Å². The van der Waals surface area contributed by atoms with Gasteiger partial charge in [0.2, 0.25) is 0 Å². The highest BCUT2D eigenvalue weighted by molar-refractivity contribution is 5.86. The molecule has 202 valence electrons. The Balaban J connectivity index is 1.69. The molecule has 0 spiro atoms. The normalized spacial score (nSPS) is 19.4. The molecule has 1 saturated heterocycles. The molecule has 1 aliphatic heterocycles. The van der Waals surface area contributed by atoms with Gasteiger partial charge in [0.15, 0.2) is 5.82 Å². The molecule has 1 aromatic carbocycles. The average molecular weight is 528 g/mol. The summed E-state index contributed by atoms with van der Waals surface area (Å²) in [4.78, 5) is 26.2. The summed E-state index contributed by atoms with van der Waals surface area (Å²) >= 11 is 0. The summed E-state index contributed by atoms with van der Waals surface area (Å²) in [5.74, 6) is 0.487. The van der Waals surface area contributed by atoms with Gasteiger partial charge >= 0.3 is 12.0 Å². The molecular formula is C27H32F3N7O. The number of nitriles is 1. The Morgan fingerprint density at radius 1 is 1.05 bits per heavy atom. The minimum Gasteiger partial charge on any atom is -0.349 e. The Labute approximate surface area is 219 Å². The van der Waals surface area contributed by atoms with Crippen LogP contribution in [0.15, 0.2) is 41.2 Å². The molecule has 1 fully saturated rings. The molecule has 1 aliphatic rings. The monoisotopic (exact) mass is 527 g/mol. The first-order valence-corrected chi connectivity index (χ1v) is 12.8. The minimum atomic E-state index is -4.48. The molecule has 2 aromatic heterocycles. The summed E-state index contributed by atoms with van der Waals surface area (Å²) in [6.07, 6.45) is -2.08. The third kappa shape index (κ3) is 5.45. The third-order valence-electron chi connectivity index (χ3n) is 7.37. The van der Waals surface area contributed by atoms with E-state index in [-0.39, 0.29) is 35.2 Å². The second kappa shape index (κ2) is 11.0. The molecule has 0 bridgehead atoms. The van der Waals surface area contributed by atoms with E-state index in [1.165, 1.54) is 16.7 Å². The van der Waals surface area contributed by atoms with Crippen LogP contribution in [0.2, 0.25) is 0 Å². The van der Waals surface area contributed by atoms with Crippen LogP contribution in [0, 0.1) is 11.3 Å². The van der Waals surface area contributed by atoms with E-state index in [1.807, 2.05) is 0 Å². The van der Waals surface area contributed by atoms with Gasteiger partial charge in [-0.15, -0.1) is 0 Å². The number of anilines is 2. The number of piperazine rings is 1. The third-order valence-corrected chi connectivity index (χ3v) is 7.37. The van der Waals surface area contributed by atoms with E-state index >= 15 is 0 Å². The maximum atomic E-state index is 12.8. The molecule has 38 heavy (non-hydrogen) atoms. The predicted octanol–water partition coefficient (Wildman–Crippen LogP) is 4.96. The number of pyridine rings is 1. The Morgan fingerprint density at radius 3 is 2.32 bits per heavy atom. The maximum Gasteiger partial charge on any atom is 0.482 e. The van der Waals surface area contributed by atoms with E-state index in [4.69, 9.17) is 0 Å². The Hall–Kier alpha value is -3.65. The summed E-state index contributed by atoms with van der Waals surface area (Å²) < 4.78 is 39.6. The van der Waals surface area contributed by atoms with Crippen LogP contribution in [0.4, 0.5) is 24.7 Å². The molecule has 0 amide bonds. The van der Waals surface area contributed by atoms with Crippen LogP contribution in [0.25, 0.3) is 11.0 Å². The number of nitrogens with zero attached hydrogens (tertiary/aromatic N) is 6. The van der Waals surface area contributed by atoms with E-state index in [0.717, 1.165) is 24.8 Å². The average Bonchev–Trinajstić information content (AvgIpc) is 2.90. The summed E-state index contributed by atoms with van der Waals surface area (Å²) in [6.45, 7) is 7.56. The molecule has 0 aliphatic carbocycles. The van der Waals surface area contributed by atoms with Gasteiger partial charge in [-0.25, -0.2) is 9.78 Å². The van der Waals surface area contributed by atoms with E-state index in [9.17, 15) is 23.2 Å². The van der Waals surface area contributed by atoms with Crippen molar-refractivity contribution in [2.45, 2.75) is 64.5 Å². The smallest absolute Gasteiger partial charge is 0.349 e. The fraction of sp³-hybridized carbons (Fsp3) is 0.481. The topological polar surface area (TPSA) is 90.1 Å². The molecule has 11 heteroatoms. The maximum absolute atomic E-state index is 12.8. The van der Waals surface area contributed by atoms with Crippen molar-refractivity contribution in [1.29, 1.82) is 5.26 Å². The Morgan fingerprint density at radius 2 is 1.74 bits per heavy atom. The van der Waals surface area contributed by atoms with Gasteiger partial charge in [0.05, 0.1) is 5.52 Å². The van der Waals surface area contributed by atoms with Crippen LogP contribution in [0.3, 0.4) is 0 Å². The van der Waals surface area contributed by atoms with Gasteiger partial charge in [-0.3, -0.25) is 14.8 Å². The number of aromatic nitrogens is 3. The van der Waals surface area contributed by atoms with Crippen molar-refractivity contribution in [3.8, 4) is 6.07 Å². The van der Waals surface area contributed by atoms with Crippen LogP contribution >= 0.6 is 0 Å². The molecule has 3 atom stereocenters. The van der Waals surface area contributed by atoms with Gasteiger partial charge < -0.3 is 4.90 Å². The second-order valence-electron chi connectivity index (χ2n) is 9.60. The van der Waals surface area contributed by atoms with Gasteiger partial charge in [-0.2, -0.15) is 23.4 Å². The second-order valence-corrected chi connectivity index (χ2v) is 9.60. The lowest BCUT2D eigenvalue weighted by atomic mass is 9.94. The first kappa shape index (κ1) is 27.4. The first-order chi connectivity index (χ1) is 18.1. The van der Waals surface area contributed by atoms with E-state index in [0.29, 0.717) is 29.9 Å².